The third-order valence-electron chi connectivity index (χ3n) is 7.24. The van der Waals surface area contributed by atoms with Crippen molar-refractivity contribution in [3.05, 3.63) is 41.7 Å². The minimum absolute atomic E-state index is 0.203. The number of nitrogens with zero attached hydrogens (tertiary/aromatic N) is 3. The summed E-state index contributed by atoms with van der Waals surface area (Å²) < 4.78 is 7.16. The minimum Gasteiger partial charge on any atom is -0.494 e. The molecule has 9 N–H and O–H groups in total. The predicted octanol–water partition coefficient (Wildman–Crippen LogP) is 0.647. The van der Waals surface area contributed by atoms with E-state index in [-0.39, 0.29) is 40.7 Å². The van der Waals surface area contributed by atoms with Crippen LogP contribution >= 0.6 is 0 Å². The average molecular weight is 629 g/mol. The first-order chi connectivity index (χ1) is 21.8. The lowest BCUT2D eigenvalue weighted by Crippen LogP contribution is -2.52. The molecular weight excluding hydrogens is 588 g/mol. The van der Waals surface area contributed by atoms with Gasteiger partial charge in [0, 0.05) is 36.7 Å². The van der Waals surface area contributed by atoms with Gasteiger partial charge in [0.25, 0.3) is 17.7 Å². The lowest BCUT2D eigenvalue weighted by Gasteiger charge is -2.22. The predicted molar refractivity (Wildman–Crippen MR) is 178 cm³/mol. The van der Waals surface area contributed by atoms with E-state index in [1.165, 1.54) is 11.8 Å². The molecular formula is C30H41B2N9O5. The minimum atomic E-state index is -2.60. The van der Waals surface area contributed by atoms with Crippen molar-refractivity contribution in [1.29, 1.82) is 5.41 Å². The molecule has 0 aliphatic heterocycles. The van der Waals surface area contributed by atoms with Crippen molar-refractivity contribution in [2.45, 2.75) is 51.0 Å². The molecule has 1 fully saturated rings. The Morgan fingerprint density at radius 2 is 2.02 bits per heavy atom. The van der Waals surface area contributed by atoms with E-state index >= 15 is 0 Å². The van der Waals surface area contributed by atoms with Gasteiger partial charge in [-0.1, -0.05) is 25.8 Å². The van der Waals surface area contributed by atoms with Crippen LogP contribution in [0.4, 0.5) is 5.69 Å². The second kappa shape index (κ2) is 16.2. The van der Waals surface area contributed by atoms with Crippen LogP contribution in [0.5, 0.6) is 5.75 Å². The molecule has 14 nitrogen and oxygen atoms in total. The number of nitrogens with two attached hydrogens (primary N) is 2. The number of benzene rings is 1. The Morgan fingerprint density at radius 1 is 1.30 bits per heavy atom. The molecule has 4 radical (unpaired) electrons. The summed E-state index contributed by atoms with van der Waals surface area (Å²) in [6, 6.07) is 6.64. The molecule has 2 aromatic rings. The Kier molecular flexibility index (Phi) is 12.7. The number of carbonyl (C=O) groups is 3. The molecule has 1 heterocycles. The molecule has 1 saturated carbocycles. The monoisotopic (exact) mass is 629 g/mol. The molecule has 0 spiro atoms. The van der Waals surface area contributed by atoms with Crippen molar-refractivity contribution in [3.63, 3.8) is 0 Å². The second-order valence-corrected chi connectivity index (χ2v) is 11.2. The van der Waals surface area contributed by atoms with E-state index in [0.29, 0.717) is 42.9 Å². The van der Waals surface area contributed by atoms with Crippen LogP contribution < -0.4 is 32.2 Å². The number of hydrogen-bond acceptors (Lipinski definition) is 9. The molecule has 1 aromatic carbocycles. The van der Waals surface area contributed by atoms with Gasteiger partial charge in [0.2, 0.25) is 0 Å². The number of anilines is 1. The first-order valence-corrected chi connectivity index (χ1v) is 15.1. The van der Waals surface area contributed by atoms with Gasteiger partial charge in [-0.3, -0.25) is 24.5 Å². The number of ether oxygens (including phenoxy) is 1. The van der Waals surface area contributed by atoms with Gasteiger partial charge in [-0.25, -0.2) is 0 Å². The topological polar surface area (TPSA) is 223 Å². The summed E-state index contributed by atoms with van der Waals surface area (Å²) in [4.78, 5) is 41.8. The summed E-state index contributed by atoms with van der Waals surface area (Å²) in [7, 11) is 13.6. The Bertz CT molecular complexity index is 1500. The fraction of sp³-hybridized carbons (Fsp3) is 0.467. The number of para-hydroxylation sites is 1. The first-order valence-electron chi connectivity index (χ1n) is 15.1. The van der Waals surface area contributed by atoms with E-state index < -0.39 is 23.0 Å². The van der Waals surface area contributed by atoms with Crippen LogP contribution in [-0.2, 0) is 16.6 Å². The number of amides is 3. The number of hydrogen-bond donors (Lipinski definition) is 7. The summed E-state index contributed by atoms with van der Waals surface area (Å²) in [6.45, 7) is 3.17. The van der Waals surface area contributed by atoms with E-state index in [2.05, 4.69) is 27.6 Å². The molecule has 16 heteroatoms. The highest BCUT2D eigenvalue weighted by atomic mass is 16.5. The Labute approximate surface area is 271 Å². The number of rotatable bonds is 17. The van der Waals surface area contributed by atoms with Crippen LogP contribution in [-0.4, -0.2) is 85.6 Å². The SMILES string of the molecule is [B]C([B])(O)NC(=O)C(=N)/C(=C\C(N)=NC(=O)C1CC1)Nc1cccc(-c2cc(C(=O)NCC(CCN)CCCC)n(C)n2)c1OC. The number of nitrogens with one attached hydrogen (secondary N) is 4. The van der Waals surface area contributed by atoms with Crippen LogP contribution in [0.2, 0.25) is 0 Å². The third kappa shape index (κ3) is 10.3. The van der Waals surface area contributed by atoms with E-state index in [4.69, 9.17) is 37.3 Å². The Morgan fingerprint density at radius 3 is 2.63 bits per heavy atom. The zero-order valence-electron chi connectivity index (χ0n) is 26.4. The maximum Gasteiger partial charge on any atom is 0.272 e. The average Bonchev–Trinajstić information content (AvgIpc) is 3.78. The normalized spacial score (nSPS) is 14.4. The highest BCUT2D eigenvalue weighted by molar-refractivity contribution is 6.48. The number of carbonyl (C=O) groups excluding carboxylic acids is 3. The van der Waals surface area contributed by atoms with Crippen molar-refractivity contribution < 1.29 is 24.2 Å². The largest absolute Gasteiger partial charge is 0.494 e. The second-order valence-electron chi connectivity index (χ2n) is 11.2. The van der Waals surface area contributed by atoms with E-state index in [9.17, 15) is 19.5 Å². The number of aromatic nitrogens is 2. The van der Waals surface area contributed by atoms with Crippen LogP contribution in [0.15, 0.2) is 41.0 Å². The molecule has 1 atom stereocenters. The molecule has 242 valence electrons. The lowest BCUT2D eigenvalue weighted by atomic mass is 9.73. The van der Waals surface area contributed by atoms with Gasteiger partial charge in [0.05, 0.1) is 24.2 Å². The molecule has 1 aliphatic carbocycles. The molecule has 0 saturated heterocycles. The van der Waals surface area contributed by atoms with Gasteiger partial charge in [0.1, 0.15) is 32.9 Å². The maximum absolute atomic E-state index is 13.1. The number of methoxy groups -OCH3 is 1. The van der Waals surface area contributed by atoms with Crippen molar-refractivity contribution in [2.24, 2.45) is 35.3 Å². The van der Waals surface area contributed by atoms with E-state index in [1.54, 1.807) is 31.3 Å². The van der Waals surface area contributed by atoms with E-state index in [1.807, 2.05) is 5.32 Å². The fourth-order valence-corrected chi connectivity index (χ4v) is 4.68. The molecule has 3 amide bonds. The standard InChI is InChI=1S/C30H41B2N9O5/c1-4-5-7-17(12-13-33)16-36-28(43)23-14-21(40-41(23)2)19-8-6-9-20(26(19)46-3)37-22(25(35)29(44)39-30(31,32)45)15-24(34)38-27(42)18-10-11-18/h6,8-9,14-15,17-18,35,37,45H,4-5,7,10-13,16,33H2,1-3H3,(H,36,43)(H,39,44)(H2,34,38,42)/b22-15+,35-25?. The number of aliphatic hydroxyl groups is 1. The van der Waals surface area contributed by atoms with Crippen LogP contribution in [0.3, 0.4) is 0 Å². The van der Waals surface area contributed by atoms with Gasteiger partial charge < -0.3 is 37.3 Å². The zero-order chi connectivity index (χ0) is 34.0. The summed E-state index contributed by atoms with van der Waals surface area (Å²) in [5.74, 6) is -1.76. The van der Waals surface area contributed by atoms with Gasteiger partial charge >= 0.3 is 0 Å². The smallest absolute Gasteiger partial charge is 0.272 e. The molecule has 1 aromatic heterocycles. The van der Waals surface area contributed by atoms with Crippen molar-refractivity contribution in [1.82, 2.24) is 20.4 Å². The molecule has 3 rings (SSSR count). The Balaban J connectivity index is 1.92. The van der Waals surface area contributed by atoms with Crippen molar-refractivity contribution in [2.75, 3.05) is 25.5 Å². The molecule has 1 aliphatic rings. The first kappa shape index (κ1) is 36.0. The number of aryl methyl sites for hydroxylation is 1. The van der Waals surface area contributed by atoms with E-state index in [0.717, 1.165) is 31.8 Å². The summed E-state index contributed by atoms with van der Waals surface area (Å²) >= 11 is 0. The summed E-state index contributed by atoms with van der Waals surface area (Å²) in [5, 5.41) is 30.4. The molecule has 46 heavy (non-hydrogen) atoms. The number of unbranched alkanes of at least 4 members (excludes halogenated alkanes) is 1. The van der Waals surface area contributed by atoms with Gasteiger partial charge in [-0.2, -0.15) is 10.1 Å². The Hall–Kier alpha value is -4.43. The molecule has 1 unspecified atom stereocenters. The van der Waals surface area contributed by atoms with Crippen molar-refractivity contribution >= 4 is 50.6 Å². The maximum atomic E-state index is 13.1. The van der Waals surface area contributed by atoms with Crippen molar-refractivity contribution in [3.8, 4) is 17.0 Å². The van der Waals surface area contributed by atoms with Gasteiger partial charge in [-0.05, 0) is 56.3 Å². The summed E-state index contributed by atoms with van der Waals surface area (Å²) in [6.07, 6.45) is 6.46. The van der Waals surface area contributed by atoms with Crippen LogP contribution in [0.1, 0.15) is 55.9 Å². The third-order valence-corrected chi connectivity index (χ3v) is 7.24. The van der Waals surface area contributed by atoms with Gasteiger partial charge in [0.15, 0.2) is 5.75 Å². The lowest BCUT2D eigenvalue weighted by molar-refractivity contribution is -0.119. The van der Waals surface area contributed by atoms with Crippen LogP contribution in [0.25, 0.3) is 11.3 Å². The summed E-state index contributed by atoms with van der Waals surface area (Å²) in [5.41, 5.74) is 9.72. The molecule has 0 bridgehead atoms. The van der Waals surface area contributed by atoms with Gasteiger partial charge in [-0.15, -0.1) is 0 Å². The zero-order valence-corrected chi connectivity index (χ0v) is 26.4. The number of aliphatic imine (C=N–C) groups is 1. The number of amidine groups is 1. The quantitative estimate of drug-likeness (QED) is 0.0564. The highest BCUT2D eigenvalue weighted by Gasteiger charge is 2.30. The van der Waals surface area contributed by atoms with Crippen LogP contribution in [0, 0.1) is 17.2 Å². The highest BCUT2D eigenvalue weighted by Crippen LogP contribution is 2.37. The fourth-order valence-electron chi connectivity index (χ4n) is 4.68.